The molecule has 3 heterocycles. The molecule has 116 valence electrons. The van der Waals surface area contributed by atoms with Gasteiger partial charge >= 0.3 is 0 Å². The minimum Gasteiger partial charge on any atom is -0.309 e. The highest BCUT2D eigenvalue weighted by atomic mass is 32.2. The fourth-order valence-electron chi connectivity index (χ4n) is 3.74. The van der Waals surface area contributed by atoms with Gasteiger partial charge in [-0.15, -0.1) is 10.2 Å². The second-order valence-corrected chi connectivity index (χ2v) is 7.99. The number of aromatic nitrogens is 3. The molecule has 2 aliphatic heterocycles. The van der Waals surface area contributed by atoms with Crippen molar-refractivity contribution in [1.29, 1.82) is 0 Å². The first kappa shape index (κ1) is 13.9. The van der Waals surface area contributed by atoms with Crippen LogP contribution in [-0.2, 0) is 23.0 Å². The summed E-state index contributed by atoms with van der Waals surface area (Å²) < 4.78 is 28.0. The van der Waals surface area contributed by atoms with Gasteiger partial charge in [-0.3, -0.25) is 0 Å². The molecule has 0 amide bonds. The fraction of sp³-hybridized carbons (Fsp3) is 0.467. The molecule has 2 aromatic rings. The van der Waals surface area contributed by atoms with E-state index < -0.39 is 10.0 Å². The van der Waals surface area contributed by atoms with E-state index in [1.807, 2.05) is 30.3 Å². The highest BCUT2D eigenvalue weighted by molar-refractivity contribution is 7.88. The van der Waals surface area contributed by atoms with E-state index in [2.05, 4.69) is 14.8 Å². The Hall–Kier alpha value is -1.73. The second kappa shape index (κ2) is 4.89. The highest BCUT2D eigenvalue weighted by Gasteiger charge is 2.43. The highest BCUT2D eigenvalue weighted by Crippen LogP contribution is 2.34. The van der Waals surface area contributed by atoms with Crippen molar-refractivity contribution in [1.82, 2.24) is 19.1 Å². The zero-order valence-electron chi connectivity index (χ0n) is 12.4. The van der Waals surface area contributed by atoms with E-state index in [9.17, 15) is 8.42 Å². The summed E-state index contributed by atoms with van der Waals surface area (Å²) in [6, 6.07) is 9.97. The molecule has 0 aliphatic carbocycles. The molecule has 22 heavy (non-hydrogen) atoms. The van der Waals surface area contributed by atoms with Crippen LogP contribution in [0.4, 0.5) is 0 Å². The molecule has 0 spiro atoms. The molecule has 2 aliphatic rings. The van der Waals surface area contributed by atoms with Gasteiger partial charge in [-0.1, -0.05) is 30.3 Å². The van der Waals surface area contributed by atoms with Crippen molar-refractivity contribution in [3.63, 3.8) is 0 Å². The molecule has 0 N–H and O–H groups in total. The first-order valence-corrected chi connectivity index (χ1v) is 9.35. The Balaban J connectivity index is 1.77. The molecule has 4 rings (SSSR count). The first-order chi connectivity index (χ1) is 10.5. The van der Waals surface area contributed by atoms with Crippen LogP contribution in [0.3, 0.4) is 0 Å². The molecule has 0 saturated carbocycles. The standard InChI is InChI=1S/C15H18N4O2S/c1-22(20,21)19-12-7-8-13(19)10-18-14(9-12)16-17-15(18)11-5-3-2-4-6-11/h2-6,12-13H,7-10H2,1H3. The van der Waals surface area contributed by atoms with Crippen LogP contribution in [0.1, 0.15) is 18.7 Å². The number of nitrogens with zero attached hydrogens (tertiary/aromatic N) is 4. The lowest BCUT2D eigenvalue weighted by Crippen LogP contribution is -2.41. The third-order valence-corrected chi connectivity index (χ3v) is 5.97. The molecule has 1 fully saturated rings. The van der Waals surface area contributed by atoms with Gasteiger partial charge in [0.05, 0.1) is 6.26 Å². The van der Waals surface area contributed by atoms with Crippen LogP contribution in [0.15, 0.2) is 30.3 Å². The Kier molecular flexibility index (Phi) is 3.09. The Morgan fingerprint density at radius 2 is 1.82 bits per heavy atom. The van der Waals surface area contributed by atoms with Crippen LogP contribution in [-0.4, -0.2) is 45.8 Å². The van der Waals surface area contributed by atoms with Gasteiger partial charge < -0.3 is 4.57 Å². The average Bonchev–Trinajstić information content (AvgIpc) is 3.00. The van der Waals surface area contributed by atoms with E-state index in [0.29, 0.717) is 13.0 Å². The smallest absolute Gasteiger partial charge is 0.211 e. The van der Waals surface area contributed by atoms with Crippen molar-refractivity contribution in [2.75, 3.05) is 6.26 Å². The van der Waals surface area contributed by atoms with Crippen molar-refractivity contribution >= 4 is 10.0 Å². The zero-order chi connectivity index (χ0) is 15.3. The summed E-state index contributed by atoms with van der Waals surface area (Å²) in [6.45, 7) is 0.635. The van der Waals surface area contributed by atoms with Crippen molar-refractivity contribution < 1.29 is 8.42 Å². The monoisotopic (exact) mass is 318 g/mol. The maximum atomic E-state index is 12.1. The maximum absolute atomic E-state index is 12.1. The Morgan fingerprint density at radius 1 is 1.09 bits per heavy atom. The van der Waals surface area contributed by atoms with E-state index in [1.54, 1.807) is 4.31 Å². The lowest BCUT2D eigenvalue weighted by atomic mass is 10.1. The van der Waals surface area contributed by atoms with Gasteiger partial charge in [0.2, 0.25) is 10.0 Å². The van der Waals surface area contributed by atoms with Crippen molar-refractivity contribution in [3.8, 4) is 11.4 Å². The van der Waals surface area contributed by atoms with Crippen LogP contribution in [0, 0.1) is 0 Å². The van der Waals surface area contributed by atoms with Crippen LogP contribution >= 0.6 is 0 Å². The topological polar surface area (TPSA) is 68.1 Å². The summed E-state index contributed by atoms with van der Waals surface area (Å²) in [4.78, 5) is 0. The number of sulfonamides is 1. The van der Waals surface area contributed by atoms with E-state index in [1.165, 1.54) is 6.26 Å². The molecule has 1 aromatic heterocycles. The molecule has 2 atom stereocenters. The Bertz CT molecular complexity index is 800. The van der Waals surface area contributed by atoms with E-state index in [4.69, 9.17) is 0 Å². The van der Waals surface area contributed by atoms with Gasteiger partial charge in [0.15, 0.2) is 5.82 Å². The third kappa shape index (κ3) is 2.16. The summed E-state index contributed by atoms with van der Waals surface area (Å²) in [7, 11) is -3.19. The molecule has 6 nitrogen and oxygen atoms in total. The second-order valence-electron chi connectivity index (χ2n) is 6.10. The largest absolute Gasteiger partial charge is 0.309 e. The maximum Gasteiger partial charge on any atom is 0.211 e. The number of rotatable bonds is 2. The van der Waals surface area contributed by atoms with Crippen LogP contribution in [0.2, 0.25) is 0 Å². The summed E-state index contributed by atoms with van der Waals surface area (Å²) in [6.07, 6.45) is 3.76. The van der Waals surface area contributed by atoms with Gasteiger partial charge in [-0.25, -0.2) is 8.42 Å². The van der Waals surface area contributed by atoms with Gasteiger partial charge in [0.1, 0.15) is 5.82 Å². The summed E-state index contributed by atoms with van der Waals surface area (Å²) in [5.74, 6) is 1.72. The normalized spacial score (nSPS) is 25.0. The van der Waals surface area contributed by atoms with Gasteiger partial charge in [0.25, 0.3) is 0 Å². The van der Waals surface area contributed by atoms with E-state index in [-0.39, 0.29) is 12.1 Å². The van der Waals surface area contributed by atoms with Gasteiger partial charge in [-0.05, 0) is 12.8 Å². The fourth-order valence-corrected chi connectivity index (χ4v) is 5.18. The number of benzene rings is 1. The quantitative estimate of drug-likeness (QED) is 0.837. The number of fused-ring (bicyclic) bond motifs is 3. The molecule has 2 unspecified atom stereocenters. The Labute approximate surface area is 129 Å². The van der Waals surface area contributed by atoms with Crippen LogP contribution < -0.4 is 0 Å². The Morgan fingerprint density at radius 3 is 2.55 bits per heavy atom. The van der Waals surface area contributed by atoms with Crippen molar-refractivity contribution in [2.45, 2.75) is 37.9 Å². The van der Waals surface area contributed by atoms with Crippen molar-refractivity contribution in [3.05, 3.63) is 36.2 Å². The van der Waals surface area contributed by atoms with Crippen LogP contribution in [0.5, 0.6) is 0 Å². The SMILES string of the molecule is CS(=O)(=O)N1C2CCC1Cn1c(nnc1-c1ccccc1)C2. The lowest BCUT2D eigenvalue weighted by Gasteiger charge is -2.24. The summed E-state index contributed by atoms with van der Waals surface area (Å²) in [5, 5.41) is 8.66. The number of hydrogen-bond donors (Lipinski definition) is 0. The molecule has 0 radical (unpaired) electrons. The minimum atomic E-state index is -3.19. The molecular weight excluding hydrogens is 300 g/mol. The van der Waals surface area contributed by atoms with Crippen molar-refractivity contribution in [2.24, 2.45) is 0 Å². The van der Waals surface area contributed by atoms with E-state index in [0.717, 1.165) is 30.1 Å². The average molecular weight is 318 g/mol. The third-order valence-electron chi connectivity index (χ3n) is 4.61. The molecule has 1 aromatic carbocycles. The van der Waals surface area contributed by atoms with Gasteiger partial charge in [0, 0.05) is 30.6 Å². The zero-order valence-corrected chi connectivity index (χ0v) is 13.2. The van der Waals surface area contributed by atoms with Crippen LogP contribution in [0.25, 0.3) is 11.4 Å². The molecule has 7 heteroatoms. The first-order valence-electron chi connectivity index (χ1n) is 7.50. The summed E-state index contributed by atoms with van der Waals surface area (Å²) >= 11 is 0. The molecular formula is C15H18N4O2S. The molecule has 1 saturated heterocycles. The summed E-state index contributed by atoms with van der Waals surface area (Å²) in [5.41, 5.74) is 1.02. The predicted molar refractivity (Wildman–Crippen MR) is 82.7 cm³/mol. The number of hydrogen-bond acceptors (Lipinski definition) is 4. The minimum absolute atomic E-state index is 0.0136. The van der Waals surface area contributed by atoms with Gasteiger partial charge in [-0.2, -0.15) is 4.31 Å². The predicted octanol–water partition coefficient (Wildman–Crippen LogP) is 1.29. The van der Waals surface area contributed by atoms with E-state index >= 15 is 0 Å². The lowest BCUT2D eigenvalue weighted by molar-refractivity contribution is 0.318. The molecule has 2 bridgehead atoms.